The first-order chi connectivity index (χ1) is 11.9. The maximum atomic E-state index is 12.3. The summed E-state index contributed by atoms with van der Waals surface area (Å²) in [5.74, 6) is 0.0140. The highest BCUT2D eigenvalue weighted by molar-refractivity contribution is 6.30. The summed E-state index contributed by atoms with van der Waals surface area (Å²) in [5, 5.41) is 3.36. The Morgan fingerprint density at radius 1 is 1.16 bits per heavy atom. The first-order valence-corrected chi connectivity index (χ1v) is 9.06. The molecule has 138 valence electrons. The normalized spacial score (nSPS) is 16.0. The largest absolute Gasteiger partial charge is 0.368 e. The number of nitrogens with one attached hydrogen (secondary N) is 1. The zero-order valence-electron chi connectivity index (χ0n) is 14.9. The van der Waals surface area contributed by atoms with E-state index in [0.29, 0.717) is 30.5 Å². The van der Waals surface area contributed by atoms with Gasteiger partial charge in [0.1, 0.15) is 0 Å². The molecule has 6 nitrogen and oxygen atoms in total. The van der Waals surface area contributed by atoms with Gasteiger partial charge in [-0.05, 0) is 36.6 Å². The molecular formula is C18H27ClN4O2. The van der Waals surface area contributed by atoms with E-state index in [1.807, 2.05) is 38.1 Å². The summed E-state index contributed by atoms with van der Waals surface area (Å²) in [6.45, 7) is 6.82. The van der Waals surface area contributed by atoms with Crippen LogP contribution in [0.15, 0.2) is 24.3 Å². The van der Waals surface area contributed by atoms with Gasteiger partial charge in [-0.25, -0.2) is 0 Å². The second-order valence-corrected chi connectivity index (χ2v) is 7.23. The van der Waals surface area contributed by atoms with Crippen molar-refractivity contribution in [3.05, 3.63) is 29.3 Å². The van der Waals surface area contributed by atoms with E-state index in [-0.39, 0.29) is 18.4 Å². The maximum absolute atomic E-state index is 12.3. The predicted molar refractivity (Wildman–Crippen MR) is 101 cm³/mol. The highest BCUT2D eigenvalue weighted by Gasteiger charge is 2.22. The molecule has 1 fully saturated rings. The molecule has 1 heterocycles. The molecule has 25 heavy (non-hydrogen) atoms. The second-order valence-electron chi connectivity index (χ2n) is 6.80. The topological polar surface area (TPSA) is 78.7 Å². The minimum Gasteiger partial charge on any atom is -0.368 e. The average Bonchev–Trinajstić information content (AvgIpc) is 2.59. The maximum Gasteiger partial charge on any atom is 0.242 e. The molecule has 1 saturated heterocycles. The third kappa shape index (κ3) is 5.90. The lowest BCUT2D eigenvalue weighted by atomic mass is 10.0. The van der Waals surface area contributed by atoms with Crippen molar-refractivity contribution in [2.24, 2.45) is 11.7 Å². The molecule has 0 bridgehead atoms. The van der Waals surface area contributed by atoms with Crippen LogP contribution in [0.3, 0.4) is 0 Å². The molecule has 1 aliphatic rings. The summed E-state index contributed by atoms with van der Waals surface area (Å²) < 4.78 is 0. The van der Waals surface area contributed by atoms with Crippen LogP contribution in [0.1, 0.15) is 20.3 Å². The first kappa shape index (κ1) is 19.5. The number of carbonyl (C=O) groups excluding carboxylic acids is 2. The van der Waals surface area contributed by atoms with Crippen LogP contribution in [0.2, 0.25) is 5.02 Å². The van der Waals surface area contributed by atoms with Crippen molar-refractivity contribution in [1.29, 1.82) is 0 Å². The van der Waals surface area contributed by atoms with Crippen LogP contribution in [-0.2, 0) is 9.59 Å². The molecule has 2 rings (SSSR count). The number of rotatable bonds is 6. The Kier molecular flexibility index (Phi) is 7.08. The molecule has 1 aromatic rings. The van der Waals surface area contributed by atoms with Gasteiger partial charge in [0.05, 0.1) is 12.6 Å². The van der Waals surface area contributed by atoms with Crippen LogP contribution in [0, 0.1) is 5.92 Å². The van der Waals surface area contributed by atoms with Crippen molar-refractivity contribution < 1.29 is 9.59 Å². The number of nitrogens with two attached hydrogens (primary N) is 1. The smallest absolute Gasteiger partial charge is 0.242 e. The molecule has 0 unspecified atom stereocenters. The molecule has 3 N–H and O–H groups in total. The highest BCUT2D eigenvalue weighted by Crippen LogP contribution is 2.19. The zero-order valence-corrected chi connectivity index (χ0v) is 15.6. The van der Waals surface area contributed by atoms with Crippen LogP contribution < -0.4 is 16.0 Å². The zero-order chi connectivity index (χ0) is 18.4. The Morgan fingerprint density at radius 2 is 1.76 bits per heavy atom. The first-order valence-electron chi connectivity index (χ1n) is 8.68. The monoisotopic (exact) mass is 366 g/mol. The minimum atomic E-state index is -0.561. The fourth-order valence-corrected chi connectivity index (χ4v) is 3.01. The van der Waals surface area contributed by atoms with Gasteiger partial charge >= 0.3 is 0 Å². The summed E-state index contributed by atoms with van der Waals surface area (Å²) in [6.07, 6.45) is 0.611. The van der Waals surface area contributed by atoms with Gasteiger partial charge in [-0.1, -0.05) is 25.4 Å². The molecule has 0 radical (unpaired) electrons. The second kappa shape index (κ2) is 9.06. The number of piperazine rings is 1. The number of nitrogens with zero attached hydrogens (tertiary/aromatic N) is 2. The third-order valence-electron chi connectivity index (χ3n) is 4.30. The molecule has 0 spiro atoms. The molecule has 1 atom stereocenters. The number of benzene rings is 1. The van der Waals surface area contributed by atoms with E-state index in [1.165, 1.54) is 0 Å². The number of hydrogen-bond donors (Lipinski definition) is 2. The summed E-state index contributed by atoms with van der Waals surface area (Å²) in [6, 6.07) is 7.13. The fourth-order valence-electron chi connectivity index (χ4n) is 2.89. The minimum absolute atomic E-state index is 0.00553. The Morgan fingerprint density at radius 3 is 2.32 bits per heavy atom. The van der Waals surface area contributed by atoms with Crippen molar-refractivity contribution >= 4 is 29.1 Å². The van der Waals surface area contributed by atoms with Gasteiger partial charge in [-0.3, -0.25) is 9.59 Å². The number of hydrogen-bond acceptors (Lipinski definition) is 4. The SMILES string of the molecule is CC(C)C[C@H](N)C(=O)NCC(=O)N1CCN(c2ccc(Cl)cc2)CC1. The highest BCUT2D eigenvalue weighted by atomic mass is 35.5. The van der Waals surface area contributed by atoms with Gasteiger partial charge in [0.2, 0.25) is 11.8 Å². The summed E-state index contributed by atoms with van der Waals surface area (Å²) in [7, 11) is 0. The molecule has 0 aliphatic carbocycles. The van der Waals surface area contributed by atoms with Crippen molar-refractivity contribution in [2.75, 3.05) is 37.6 Å². The molecule has 1 aliphatic heterocycles. The van der Waals surface area contributed by atoms with E-state index in [1.54, 1.807) is 4.90 Å². The fraction of sp³-hybridized carbons (Fsp3) is 0.556. The van der Waals surface area contributed by atoms with Gasteiger partial charge in [0.15, 0.2) is 0 Å². The summed E-state index contributed by atoms with van der Waals surface area (Å²) >= 11 is 5.91. The van der Waals surface area contributed by atoms with E-state index in [0.717, 1.165) is 18.8 Å². The molecular weight excluding hydrogens is 340 g/mol. The van der Waals surface area contributed by atoms with Crippen LogP contribution >= 0.6 is 11.6 Å². The van der Waals surface area contributed by atoms with Crippen molar-refractivity contribution in [3.8, 4) is 0 Å². The summed E-state index contributed by atoms with van der Waals surface area (Å²) in [5.41, 5.74) is 6.92. The van der Waals surface area contributed by atoms with E-state index >= 15 is 0 Å². The number of halogens is 1. The Bertz CT molecular complexity index is 583. The summed E-state index contributed by atoms with van der Waals surface area (Å²) in [4.78, 5) is 28.2. The van der Waals surface area contributed by atoms with E-state index in [2.05, 4.69) is 10.2 Å². The third-order valence-corrected chi connectivity index (χ3v) is 4.55. The molecule has 0 saturated carbocycles. The van der Waals surface area contributed by atoms with Crippen LogP contribution in [0.25, 0.3) is 0 Å². The predicted octanol–water partition coefficient (Wildman–Crippen LogP) is 1.48. The van der Waals surface area contributed by atoms with Crippen molar-refractivity contribution in [1.82, 2.24) is 10.2 Å². The lowest BCUT2D eigenvalue weighted by Gasteiger charge is -2.36. The van der Waals surface area contributed by atoms with E-state index < -0.39 is 6.04 Å². The molecule has 2 amide bonds. The standard InChI is InChI=1S/C18H27ClN4O2/c1-13(2)11-16(20)18(25)21-12-17(24)23-9-7-22(8-10-23)15-5-3-14(19)4-6-15/h3-6,13,16H,7-12,20H2,1-2H3,(H,21,25)/t16-/m0/s1. The lowest BCUT2D eigenvalue weighted by molar-refractivity contribution is -0.133. The van der Waals surface area contributed by atoms with E-state index in [4.69, 9.17) is 17.3 Å². The molecule has 7 heteroatoms. The van der Waals surface area contributed by atoms with Gasteiger partial charge in [-0.15, -0.1) is 0 Å². The lowest BCUT2D eigenvalue weighted by Crippen LogP contribution is -2.52. The Balaban J connectivity index is 1.75. The number of amides is 2. The van der Waals surface area contributed by atoms with Gasteiger partial charge < -0.3 is 20.9 Å². The van der Waals surface area contributed by atoms with Gasteiger partial charge in [-0.2, -0.15) is 0 Å². The van der Waals surface area contributed by atoms with Crippen molar-refractivity contribution in [2.45, 2.75) is 26.3 Å². The molecule has 1 aromatic carbocycles. The number of carbonyl (C=O) groups is 2. The Labute approximate surface area is 154 Å². The van der Waals surface area contributed by atoms with Gasteiger partial charge in [0, 0.05) is 36.9 Å². The van der Waals surface area contributed by atoms with E-state index in [9.17, 15) is 9.59 Å². The quantitative estimate of drug-likeness (QED) is 0.799. The average molecular weight is 367 g/mol. The van der Waals surface area contributed by atoms with Crippen LogP contribution in [0.4, 0.5) is 5.69 Å². The van der Waals surface area contributed by atoms with Crippen LogP contribution in [0.5, 0.6) is 0 Å². The Hall–Kier alpha value is -1.79. The number of anilines is 1. The van der Waals surface area contributed by atoms with Gasteiger partial charge in [0.25, 0.3) is 0 Å². The molecule has 0 aromatic heterocycles. The van der Waals surface area contributed by atoms with Crippen molar-refractivity contribution in [3.63, 3.8) is 0 Å². The van der Waals surface area contributed by atoms with Crippen LogP contribution in [-0.4, -0.2) is 55.5 Å².